The molecule has 0 saturated heterocycles. The van der Waals surface area contributed by atoms with Gasteiger partial charge in [0.25, 0.3) is 0 Å². The molecule has 2 nitrogen and oxygen atoms in total. The minimum absolute atomic E-state index is 0.138. The highest BCUT2D eigenvalue weighted by atomic mass is 35.5. The van der Waals surface area contributed by atoms with Gasteiger partial charge in [0.15, 0.2) is 0 Å². The Balaban J connectivity index is 2.41. The lowest BCUT2D eigenvalue weighted by Gasteiger charge is -2.36. The Bertz CT molecular complexity index is 260. The number of carbonyl (C=O) groups is 1. The van der Waals surface area contributed by atoms with Crippen molar-refractivity contribution in [1.82, 2.24) is 5.32 Å². The molecule has 0 spiro atoms. The molecule has 18 heavy (non-hydrogen) atoms. The Labute approximate surface area is 117 Å². The third-order valence-electron chi connectivity index (χ3n) is 4.35. The average Bonchev–Trinajstić information content (AvgIpc) is 2.34. The van der Waals surface area contributed by atoms with E-state index in [-0.39, 0.29) is 17.9 Å². The fourth-order valence-electron chi connectivity index (χ4n) is 2.79. The normalized spacial score (nSPS) is 26.7. The van der Waals surface area contributed by atoms with Gasteiger partial charge in [-0.1, -0.05) is 27.7 Å². The first kappa shape index (κ1) is 15.8. The molecular weight excluding hydrogens is 246 g/mol. The van der Waals surface area contributed by atoms with Gasteiger partial charge in [0.1, 0.15) is 0 Å². The molecule has 0 aromatic heterocycles. The van der Waals surface area contributed by atoms with Crippen LogP contribution >= 0.6 is 11.6 Å². The summed E-state index contributed by atoms with van der Waals surface area (Å²) in [5.74, 6) is 1.70. The second kappa shape index (κ2) is 6.79. The summed E-state index contributed by atoms with van der Waals surface area (Å²) in [4.78, 5) is 12.1. The molecule has 1 fully saturated rings. The molecule has 1 amide bonds. The van der Waals surface area contributed by atoms with Gasteiger partial charge in [-0.05, 0) is 43.4 Å². The summed E-state index contributed by atoms with van der Waals surface area (Å²) >= 11 is 5.82. The minimum atomic E-state index is 0.138. The first-order chi connectivity index (χ1) is 8.38. The van der Waals surface area contributed by atoms with Crippen LogP contribution in [0.25, 0.3) is 0 Å². The topological polar surface area (TPSA) is 29.1 Å². The summed E-state index contributed by atoms with van der Waals surface area (Å²) in [5.41, 5.74) is 0.379. The van der Waals surface area contributed by atoms with E-state index >= 15 is 0 Å². The minimum Gasteiger partial charge on any atom is -0.352 e. The molecule has 0 bridgehead atoms. The van der Waals surface area contributed by atoms with Crippen LogP contribution in [0.1, 0.15) is 59.8 Å². The van der Waals surface area contributed by atoms with Crippen LogP contribution < -0.4 is 5.32 Å². The Hall–Kier alpha value is -0.240. The summed E-state index contributed by atoms with van der Waals surface area (Å²) in [6.07, 6.45) is 5.34. The largest absolute Gasteiger partial charge is 0.352 e. The average molecular weight is 274 g/mol. The molecule has 0 aliphatic heterocycles. The maximum absolute atomic E-state index is 12.1. The van der Waals surface area contributed by atoms with Gasteiger partial charge < -0.3 is 5.32 Å². The molecule has 3 heteroatoms. The van der Waals surface area contributed by atoms with Crippen LogP contribution in [0.3, 0.4) is 0 Å². The van der Waals surface area contributed by atoms with Gasteiger partial charge >= 0.3 is 0 Å². The SMILES string of the molecule is CCC(CCl)NC(=O)C1CCC(C(C)(C)C)CC1. The molecule has 1 rings (SSSR count). The van der Waals surface area contributed by atoms with Gasteiger partial charge in [-0.3, -0.25) is 4.79 Å². The maximum Gasteiger partial charge on any atom is 0.223 e. The number of carbonyl (C=O) groups excluding carboxylic acids is 1. The van der Waals surface area contributed by atoms with Crippen LogP contribution in [0.15, 0.2) is 0 Å². The summed E-state index contributed by atoms with van der Waals surface area (Å²) in [6, 6.07) is 0.138. The van der Waals surface area contributed by atoms with Crippen LogP contribution in [0.2, 0.25) is 0 Å². The molecule has 1 N–H and O–H groups in total. The molecule has 106 valence electrons. The molecule has 1 saturated carbocycles. The molecular formula is C15H28ClNO. The van der Waals surface area contributed by atoms with Crippen molar-refractivity contribution in [2.45, 2.75) is 65.8 Å². The molecule has 1 aliphatic rings. The van der Waals surface area contributed by atoms with E-state index in [0.717, 1.165) is 25.2 Å². The zero-order chi connectivity index (χ0) is 13.8. The van der Waals surface area contributed by atoms with Crippen LogP contribution in [-0.2, 0) is 4.79 Å². The molecule has 1 unspecified atom stereocenters. The van der Waals surface area contributed by atoms with E-state index in [4.69, 9.17) is 11.6 Å². The maximum atomic E-state index is 12.1. The zero-order valence-electron chi connectivity index (χ0n) is 12.3. The fraction of sp³-hybridized carbons (Fsp3) is 0.933. The quantitative estimate of drug-likeness (QED) is 0.772. The van der Waals surface area contributed by atoms with Gasteiger partial charge in [-0.25, -0.2) is 0 Å². The predicted molar refractivity (Wildman–Crippen MR) is 77.8 cm³/mol. The lowest BCUT2D eigenvalue weighted by atomic mass is 9.69. The molecule has 1 atom stereocenters. The lowest BCUT2D eigenvalue weighted by Crippen LogP contribution is -2.41. The second-order valence-electron chi connectivity index (χ2n) is 6.68. The Morgan fingerprint density at radius 1 is 1.28 bits per heavy atom. The van der Waals surface area contributed by atoms with Crippen molar-refractivity contribution in [1.29, 1.82) is 0 Å². The van der Waals surface area contributed by atoms with E-state index in [9.17, 15) is 4.79 Å². The summed E-state index contributed by atoms with van der Waals surface area (Å²) in [6.45, 7) is 8.97. The number of halogens is 1. The Morgan fingerprint density at radius 3 is 2.22 bits per heavy atom. The lowest BCUT2D eigenvalue weighted by molar-refractivity contribution is -0.127. The smallest absolute Gasteiger partial charge is 0.223 e. The van der Waals surface area contributed by atoms with E-state index in [2.05, 4.69) is 33.0 Å². The number of amides is 1. The highest BCUT2D eigenvalue weighted by Crippen LogP contribution is 2.39. The van der Waals surface area contributed by atoms with Crippen LogP contribution in [0.4, 0.5) is 0 Å². The van der Waals surface area contributed by atoms with Crippen molar-refractivity contribution in [2.75, 3.05) is 5.88 Å². The van der Waals surface area contributed by atoms with Crippen molar-refractivity contribution < 1.29 is 4.79 Å². The summed E-state index contributed by atoms with van der Waals surface area (Å²) in [7, 11) is 0. The third kappa shape index (κ3) is 4.46. The number of rotatable bonds is 4. The van der Waals surface area contributed by atoms with Gasteiger partial charge in [-0.15, -0.1) is 11.6 Å². The van der Waals surface area contributed by atoms with Crippen molar-refractivity contribution in [3.05, 3.63) is 0 Å². The van der Waals surface area contributed by atoms with Gasteiger partial charge in [0, 0.05) is 17.8 Å². The Morgan fingerprint density at radius 2 is 1.83 bits per heavy atom. The van der Waals surface area contributed by atoms with Crippen molar-refractivity contribution in [2.24, 2.45) is 17.3 Å². The number of nitrogens with one attached hydrogen (secondary N) is 1. The monoisotopic (exact) mass is 273 g/mol. The fourth-order valence-corrected chi connectivity index (χ4v) is 3.09. The van der Waals surface area contributed by atoms with E-state index in [0.29, 0.717) is 11.3 Å². The van der Waals surface area contributed by atoms with Crippen LogP contribution in [0.5, 0.6) is 0 Å². The van der Waals surface area contributed by atoms with Crippen molar-refractivity contribution in [3.8, 4) is 0 Å². The van der Waals surface area contributed by atoms with E-state index in [1.165, 1.54) is 12.8 Å². The van der Waals surface area contributed by atoms with Gasteiger partial charge in [-0.2, -0.15) is 0 Å². The van der Waals surface area contributed by atoms with Crippen LogP contribution in [-0.4, -0.2) is 17.8 Å². The van der Waals surface area contributed by atoms with Crippen molar-refractivity contribution >= 4 is 17.5 Å². The summed E-state index contributed by atoms with van der Waals surface area (Å²) in [5, 5.41) is 3.07. The molecule has 1 aliphatic carbocycles. The van der Waals surface area contributed by atoms with E-state index in [1.807, 2.05) is 0 Å². The second-order valence-corrected chi connectivity index (χ2v) is 6.99. The third-order valence-corrected chi connectivity index (χ3v) is 4.72. The van der Waals surface area contributed by atoms with Crippen LogP contribution in [0, 0.1) is 17.3 Å². The first-order valence-electron chi connectivity index (χ1n) is 7.24. The standard InChI is InChI=1S/C15H28ClNO/c1-5-13(10-16)17-14(18)11-6-8-12(9-7-11)15(2,3)4/h11-13H,5-10H2,1-4H3,(H,17,18). The highest BCUT2D eigenvalue weighted by molar-refractivity contribution is 6.18. The van der Waals surface area contributed by atoms with E-state index in [1.54, 1.807) is 0 Å². The molecule has 0 aromatic rings. The number of hydrogen-bond acceptors (Lipinski definition) is 1. The number of hydrogen-bond donors (Lipinski definition) is 1. The van der Waals surface area contributed by atoms with E-state index < -0.39 is 0 Å². The summed E-state index contributed by atoms with van der Waals surface area (Å²) < 4.78 is 0. The van der Waals surface area contributed by atoms with Gasteiger partial charge in [0.2, 0.25) is 5.91 Å². The molecule has 0 aromatic carbocycles. The Kier molecular flexibility index (Phi) is 5.97. The van der Waals surface area contributed by atoms with Gasteiger partial charge in [0.05, 0.1) is 0 Å². The molecule has 0 radical (unpaired) electrons. The number of alkyl halides is 1. The highest BCUT2D eigenvalue weighted by Gasteiger charge is 2.32. The molecule has 0 heterocycles. The van der Waals surface area contributed by atoms with Crippen molar-refractivity contribution in [3.63, 3.8) is 0 Å². The zero-order valence-corrected chi connectivity index (χ0v) is 13.0. The first-order valence-corrected chi connectivity index (χ1v) is 7.78. The predicted octanol–water partition coefficient (Wildman–Crippen LogP) is 3.97.